The van der Waals surface area contributed by atoms with Crippen LogP contribution in [-0.4, -0.2) is 82.0 Å². The SMILES string of the molecule is CC(C)=CCN1C(N2CCCC(N)C2)=NC2(C)C1C(=O)N(c1ccncc1)C(=O)N2C. The number of carbonyl (C=O) groups excluding carboxylic acids is 2. The molecule has 1 aromatic heterocycles. The first kappa shape index (κ1) is 21.3. The van der Waals surface area contributed by atoms with Gasteiger partial charge in [-0.25, -0.2) is 14.7 Å². The molecule has 9 heteroatoms. The Labute approximate surface area is 183 Å². The van der Waals surface area contributed by atoms with E-state index in [2.05, 4.69) is 16.0 Å². The van der Waals surface area contributed by atoms with Crippen molar-refractivity contribution in [2.75, 3.05) is 31.6 Å². The summed E-state index contributed by atoms with van der Waals surface area (Å²) in [4.78, 5) is 43.1. The number of anilines is 1. The molecule has 0 saturated carbocycles. The van der Waals surface area contributed by atoms with Crippen LogP contribution in [-0.2, 0) is 4.79 Å². The van der Waals surface area contributed by atoms with Crippen molar-refractivity contribution >= 4 is 23.6 Å². The zero-order valence-corrected chi connectivity index (χ0v) is 18.7. The van der Waals surface area contributed by atoms with Gasteiger partial charge in [-0.1, -0.05) is 11.6 Å². The van der Waals surface area contributed by atoms with Gasteiger partial charge in [-0.2, -0.15) is 0 Å². The molecule has 3 aliphatic rings. The number of allylic oxidation sites excluding steroid dienone is 1. The molecule has 4 heterocycles. The quantitative estimate of drug-likeness (QED) is 0.739. The summed E-state index contributed by atoms with van der Waals surface area (Å²) in [7, 11) is 1.71. The molecular weight excluding hydrogens is 394 g/mol. The number of fused-ring (bicyclic) bond motifs is 1. The van der Waals surface area contributed by atoms with E-state index in [-0.39, 0.29) is 11.9 Å². The maximum Gasteiger partial charge on any atom is 0.333 e. The van der Waals surface area contributed by atoms with Crippen molar-refractivity contribution in [3.63, 3.8) is 0 Å². The summed E-state index contributed by atoms with van der Waals surface area (Å²) in [5, 5.41) is 0. The van der Waals surface area contributed by atoms with Gasteiger partial charge < -0.3 is 15.5 Å². The van der Waals surface area contributed by atoms with Crippen LogP contribution in [0.3, 0.4) is 0 Å². The number of nitrogens with two attached hydrogens (primary N) is 1. The molecular formula is C22H31N7O2. The van der Waals surface area contributed by atoms with Crippen LogP contribution in [0.15, 0.2) is 41.2 Å². The molecule has 0 aromatic carbocycles. The number of nitrogens with zero attached hydrogens (tertiary/aromatic N) is 6. The highest BCUT2D eigenvalue weighted by Crippen LogP contribution is 2.39. The Morgan fingerprint density at radius 2 is 2.00 bits per heavy atom. The van der Waals surface area contributed by atoms with E-state index in [0.717, 1.165) is 30.9 Å². The number of amides is 3. The second kappa shape index (κ2) is 7.96. The number of imide groups is 1. The van der Waals surface area contributed by atoms with Crippen molar-refractivity contribution in [1.82, 2.24) is 19.7 Å². The number of piperidine rings is 1. The summed E-state index contributed by atoms with van der Waals surface area (Å²) in [5.41, 5.74) is 6.91. The number of guanidine groups is 1. The summed E-state index contributed by atoms with van der Waals surface area (Å²) in [6.45, 7) is 7.98. The maximum atomic E-state index is 13.8. The number of aromatic nitrogens is 1. The molecule has 31 heavy (non-hydrogen) atoms. The van der Waals surface area contributed by atoms with Gasteiger partial charge in [-0.05, 0) is 45.7 Å². The van der Waals surface area contributed by atoms with Gasteiger partial charge in [0.1, 0.15) is 0 Å². The lowest BCUT2D eigenvalue weighted by molar-refractivity contribution is -0.127. The number of pyridine rings is 1. The minimum atomic E-state index is -0.996. The van der Waals surface area contributed by atoms with E-state index in [0.29, 0.717) is 18.8 Å². The summed E-state index contributed by atoms with van der Waals surface area (Å²) < 4.78 is 0. The lowest BCUT2D eigenvalue weighted by Crippen LogP contribution is -2.71. The third-order valence-electron chi connectivity index (χ3n) is 6.38. The van der Waals surface area contributed by atoms with Crippen molar-refractivity contribution in [2.24, 2.45) is 10.7 Å². The molecule has 2 N–H and O–H groups in total. The van der Waals surface area contributed by atoms with Gasteiger partial charge in [-0.3, -0.25) is 14.7 Å². The van der Waals surface area contributed by atoms with E-state index < -0.39 is 17.7 Å². The van der Waals surface area contributed by atoms with Crippen molar-refractivity contribution in [3.05, 3.63) is 36.2 Å². The normalized spacial score (nSPS) is 28.6. The van der Waals surface area contributed by atoms with E-state index in [1.54, 1.807) is 36.5 Å². The summed E-state index contributed by atoms with van der Waals surface area (Å²) in [6, 6.07) is 2.39. The highest BCUT2D eigenvalue weighted by molar-refractivity contribution is 6.20. The molecule has 0 bridgehead atoms. The second-order valence-corrected chi connectivity index (χ2v) is 8.91. The van der Waals surface area contributed by atoms with E-state index in [9.17, 15) is 9.59 Å². The van der Waals surface area contributed by atoms with Crippen molar-refractivity contribution < 1.29 is 9.59 Å². The van der Waals surface area contributed by atoms with Crippen LogP contribution in [0.4, 0.5) is 10.5 Å². The largest absolute Gasteiger partial charge is 0.341 e. The average molecular weight is 426 g/mol. The standard InChI is InChI=1S/C22H31N7O2/c1-15(2)9-13-28-18-19(30)29(17-7-10-24-11-8-17)21(31)26(4)22(18,3)25-20(28)27-12-5-6-16(23)14-27/h7-11,16,18H,5-6,12-14,23H2,1-4H3. The van der Waals surface area contributed by atoms with Gasteiger partial charge in [0.15, 0.2) is 17.7 Å². The van der Waals surface area contributed by atoms with E-state index in [1.165, 1.54) is 4.90 Å². The Bertz CT molecular complexity index is 927. The Morgan fingerprint density at radius 3 is 2.65 bits per heavy atom. The number of hydrogen-bond acceptors (Lipinski definition) is 7. The van der Waals surface area contributed by atoms with Crippen molar-refractivity contribution in [2.45, 2.75) is 51.4 Å². The lowest BCUT2D eigenvalue weighted by atomic mass is 9.96. The molecule has 1 aromatic rings. The lowest BCUT2D eigenvalue weighted by Gasteiger charge is -2.47. The first-order valence-electron chi connectivity index (χ1n) is 10.8. The van der Waals surface area contributed by atoms with Crippen LogP contribution in [0.2, 0.25) is 0 Å². The van der Waals surface area contributed by atoms with Crippen LogP contribution >= 0.6 is 0 Å². The smallest absolute Gasteiger partial charge is 0.333 e. The molecule has 3 aliphatic heterocycles. The van der Waals surface area contributed by atoms with Gasteiger partial charge in [0, 0.05) is 45.1 Å². The van der Waals surface area contributed by atoms with Crippen LogP contribution < -0.4 is 10.6 Å². The molecule has 9 nitrogen and oxygen atoms in total. The molecule has 0 spiro atoms. The van der Waals surface area contributed by atoms with Gasteiger partial charge in [0.05, 0.1) is 5.69 Å². The predicted octanol–water partition coefficient (Wildman–Crippen LogP) is 1.63. The fourth-order valence-corrected chi connectivity index (χ4v) is 4.57. The van der Waals surface area contributed by atoms with Gasteiger partial charge in [-0.15, -0.1) is 0 Å². The zero-order valence-electron chi connectivity index (χ0n) is 18.7. The van der Waals surface area contributed by atoms with Crippen LogP contribution in [0.5, 0.6) is 0 Å². The summed E-state index contributed by atoms with van der Waals surface area (Å²) >= 11 is 0. The molecule has 0 aliphatic carbocycles. The molecule has 3 unspecified atom stereocenters. The number of urea groups is 1. The Morgan fingerprint density at radius 1 is 1.29 bits per heavy atom. The van der Waals surface area contributed by atoms with Crippen LogP contribution in [0, 0.1) is 0 Å². The van der Waals surface area contributed by atoms with Crippen molar-refractivity contribution in [3.8, 4) is 0 Å². The van der Waals surface area contributed by atoms with Gasteiger partial charge >= 0.3 is 6.03 Å². The molecule has 3 atom stereocenters. The second-order valence-electron chi connectivity index (χ2n) is 8.91. The fraction of sp³-hybridized carbons (Fsp3) is 0.545. The Kier molecular flexibility index (Phi) is 5.47. The minimum Gasteiger partial charge on any atom is -0.341 e. The molecule has 2 saturated heterocycles. The predicted molar refractivity (Wildman–Crippen MR) is 119 cm³/mol. The average Bonchev–Trinajstić information content (AvgIpc) is 3.05. The molecule has 2 fully saturated rings. The number of rotatable bonds is 3. The van der Waals surface area contributed by atoms with E-state index in [4.69, 9.17) is 10.7 Å². The maximum absolute atomic E-state index is 13.8. The number of likely N-dealkylation sites (tertiary alicyclic amines) is 1. The molecule has 4 rings (SSSR count). The topological polar surface area (TPSA) is 98.4 Å². The van der Waals surface area contributed by atoms with Crippen LogP contribution in [0.1, 0.15) is 33.6 Å². The zero-order chi connectivity index (χ0) is 22.3. The van der Waals surface area contributed by atoms with Crippen LogP contribution in [0.25, 0.3) is 0 Å². The molecule has 3 amide bonds. The third-order valence-corrected chi connectivity index (χ3v) is 6.38. The summed E-state index contributed by atoms with van der Waals surface area (Å²) in [6.07, 6.45) is 7.20. The molecule has 0 radical (unpaired) electrons. The molecule has 166 valence electrons. The van der Waals surface area contributed by atoms with Crippen molar-refractivity contribution in [1.29, 1.82) is 0 Å². The number of aliphatic imine (C=N–C) groups is 1. The first-order valence-corrected chi connectivity index (χ1v) is 10.8. The van der Waals surface area contributed by atoms with E-state index in [1.807, 2.05) is 25.7 Å². The Balaban J connectivity index is 1.77. The fourth-order valence-electron chi connectivity index (χ4n) is 4.57. The first-order chi connectivity index (χ1) is 14.7. The Hall–Kier alpha value is -2.94. The highest BCUT2D eigenvalue weighted by atomic mass is 16.2. The van der Waals surface area contributed by atoms with Gasteiger partial charge in [0.2, 0.25) is 0 Å². The number of likely N-dealkylation sites (N-methyl/N-ethyl adjacent to an activating group) is 1. The van der Waals surface area contributed by atoms with Gasteiger partial charge in [0.25, 0.3) is 5.91 Å². The van der Waals surface area contributed by atoms with E-state index >= 15 is 0 Å². The third kappa shape index (κ3) is 3.56. The monoisotopic (exact) mass is 425 g/mol. The highest BCUT2D eigenvalue weighted by Gasteiger charge is 2.60. The number of carbonyl (C=O) groups is 2. The minimum absolute atomic E-state index is 0.0700. The summed E-state index contributed by atoms with van der Waals surface area (Å²) in [5.74, 6) is 0.462. The number of hydrogen-bond donors (Lipinski definition) is 1.